The van der Waals surface area contributed by atoms with Gasteiger partial charge in [0.1, 0.15) is 0 Å². The zero-order valence-corrected chi connectivity index (χ0v) is 11.1. The Hall–Kier alpha value is -1.17. The van der Waals surface area contributed by atoms with Gasteiger partial charge in [0.05, 0.1) is 25.6 Å². The maximum atomic E-state index is 5.31. The normalized spacial score (nSPS) is 11.9. The van der Waals surface area contributed by atoms with Gasteiger partial charge < -0.3 is 14.8 Å². The Balaban J connectivity index is 2.36. The Labute approximate surface area is 107 Å². The standard InChI is InChI=1S/C12H10INO2/c1-15-10-3-6-7(4-11(10)16-2)12-9(14-12)5-8(6)13/h3-5,14H,1-2H3. The van der Waals surface area contributed by atoms with Gasteiger partial charge in [-0.3, -0.25) is 0 Å². The van der Waals surface area contributed by atoms with Gasteiger partial charge in [0.15, 0.2) is 11.5 Å². The Bertz CT molecular complexity index is 572. The van der Waals surface area contributed by atoms with Crippen molar-refractivity contribution < 1.29 is 9.47 Å². The highest BCUT2D eigenvalue weighted by atomic mass is 127. The van der Waals surface area contributed by atoms with Gasteiger partial charge in [-0.15, -0.1) is 0 Å². The molecule has 0 atom stereocenters. The highest BCUT2D eigenvalue weighted by Gasteiger charge is 2.22. The molecule has 4 heteroatoms. The van der Waals surface area contributed by atoms with Gasteiger partial charge in [0.2, 0.25) is 0 Å². The molecule has 0 fully saturated rings. The number of halogens is 1. The fourth-order valence-electron chi connectivity index (χ4n) is 1.91. The first kappa shape index (κ1) is 10.0. The Morgan fingerprint density at radius 1 is 1.00 bits per heavy atom. The van der Waals surface area contributed by atoms with Crippen LogP contribution in [0.2, 0.25) is 0 Å². The van der Waals surface area contributed by atoms with Crippen molar-refractivity contribution in [2.75, 3.05) is 19.5 Å². The van der Waals surface area contributed by atoms with Crippen LogP contribution in [0.15, 0.2) is 18.2 Å². The van der Waals surface area contributed by atoms with Crippen LogP contribution in [0, 0.1) is 3.57 Å². The highest BCUT2D eigenvalue weighted by molar-refractivity contribution is 14.1. The van der Waals surface area contributed by atoms with E-state index in [1.54, 1.807) is 14.2 Å². The summed E-state index contributed by atoms with van der Waals surface area (Å²) in [4.78, 5) is 0. The molecule has 1 aliphatic rings. The quantitative estimate of drug-likeness (QED) is 0.578. The fourth-order valence-corrected chi connectivity index (χ4v) is 2.67. The van der Waals surface area contributed by atoms with E-state index >= 15 is 0 Å². The summed E-state index contributed by atoms with van der Waals surface area (Å²) >= 11 is 2.34. The molecule has 0 spiro atoms. The van der Waals surface area contributed by atoms with Crippen molar-refractivity contribution in [2.45, 2.75) is 0 Å². The summed E-state index contributed by atoms with van der Waals surface area (Å²) in [5, 5.41) is 5.65. The van der Waals surface area contributed by atoms with Crippen molar-refractivity contribution in [3.8, 4) is 11.5 Å². The number of hydrogen-bond donors (Lipinski definition) is 1. The van der Waals surface area contributed by atoms with Gasteiger partial charge in [-0.25, -0.2) is 0 Å². The first-order valence-electron chi connectivity index (χ1n) is 4.90. The third-order valence-electron chi connectivity index (χ3n) is 2.79. The lowest BCUT2D eigenvalue weighted by molar-refractivity contribution is 0.356. The molecular formula is C12H10INO2. The van der Waals surface area contributed by atoms with E-state index in [2.05, 4.69) is 34.0 Å². The summed E-state index contributed by atoms with van der Waals surface area (Å²) in [5.41, 5.74) is 2.42. The van der Waals surface area contributed by atoms with Crippen LogP contribution in [0.3, 0.4) is 0 Å². The van der Waals surface area contributed by atoms with Crippen molar-refractivity contribution in [2.24, 2.45) is 0 Å². The van der Waals surface area contributed by atoms with E-state index in [9.17, 15) is 0 Å². The molecule has 3 rings (SSSR count). The smallest absolute Gasteiger partial charge is 0.161 e. The first-order valence-corrected chi connectivity index (χ1v) is 5.97. The predicted molar refractivity (Wildman–Crippen MR) is 73.1 cm³/mol. The molecule has 0 saturated heterocycles. The van der Waals surface area contributed by atoms with Gasteiger partial charge in [0, 0.05) is 14.3 Å². The summed E-state index contributed by atoms with van der Waals surface area (Å²) in [7, 11) is 3.31. The lowest BCUT2D eigenvalue weighted by Gasteiger charge is -2.09. The number of anilines is 2. The largest absolute Gasteiger partial charge is 0.493 e. The summed E-state index contributed by atoms with van der Waals surface area (Å²) in [6, 6.07) is 6.19. The second-order valence-electron chi connectivity index (χ2n) is 3.66. The van der Waals surface area contributed by atoms with E-state index in [4.69, 9.17) is 9.47 Å². The number of ether oxygens (including phenoxy) is 2. The maximum Gasteiger partial charge on any atom is 0.161 e. The molecule has 0 unspecified atom stereocenters. The van der Waals surface area contributed by atoms with Gasteiger partial charge >= 0.3 is 0 Å². The second-order valence-corrected chi connectivity index (χ2v) is 4.82. The van der Waals surface area contributed by atoms with Crippen LogP contribution in [-0.2, 0) is 0 Å². The van der Waals surface area contributed by atoms with Crippen molar-refractivity contribution in [3.63, 3.8) is 0 Å². The molecule has 0 bridgehead atoms. The Morgan fingerprint density at radius 3 is 2.25 bits per heavy atom. The summed E-state index contributed by atoms with van der Waals surface area (Å²) in [6.45, 7) is 0. The number of benzene rings is 2. The van der Waals surface area contributed by atoms with Crippen LogP contribution in [0.5, 0.6) is 11.5 Å². The number of methoxy groups -OCH3 is 2. The van der Waals surface area contributed by atoms with E-state index in [1.165, 1.54) is 25.7 Å². The third kappa shape index (κ3) is 1.32. The number of nitrogens with one attached hydrogen (secondary N) is 1. The van der Waals surface area contributed by atoms with Crippen LogP contribution in [0.25, 0.3) is 10.8 Å². The highest BCUT2D eigenvalue weighted by Crippen LogP contribution is 2.49. The molecule has 0 amide bonds. The van der Waals surface area contributed by atoms with Crippen molar-refractivity contribution in [3.05, 3.63) is 21.8 Å². The Morgan fingerprint density at radius 2 is 1.62 bits per heavy atom. The third-order valence-corrected chi connectivity index (χ3v) is 3.68. The van der Waals surface area contributed by atoms with Gasteiger partial charge in [0.25, 0.3) is 0 Å². The molecule has 1 aliphatic heterocycles. The SMILES string of the molecule is COc1cc2c(I)cc3c(c2cc1OC)N3. The molecular weight excluding hydrogens is 317 g/mol. The molecule has 0 radical (unpaired) electrons. The van der Waals surface area contributed by atoms with Crippen LogP contribution in [0.4, 0.5) is 11.4 Å². The Kier molecular flexibility index (Phi) is 2.14. The average molecular weight is 327 g/mol. The minimum atomic E-state index is 0.771. The molecule has 2 aromatic rings. The topological polar surface area (TPSA) is 40.4 Å². The van der Waals surface area contributed by atoms with Crippen molar-refractivity contribution in [1.82, 2.24) is 0 Å². The second kappa shape index (κ2) is 3.41. The molecule has 0 aliphatic carbocycles. The molecule has 1 N–H and O–H groups in total. The van der Waals surface area contributed by atoms with E-state index in [0.29, 0.717) is 0 Å². The first-order chi connectivity index (χ1) is 7.74. The molecule has 3 nitrogen and oxygen atoms in total. The minimum absolute atomic E-state index is 0.771. The number of fused-ring (bicyclic) bond motifs is 3. The van der Waals surface area contributed by atoms with E-state index in [0.717, 1.165) is 11.5 Å². The molecule has 1 heterocycles. The lowest BCUT2D eigenvalue weighted by Crippen LogP contribution is -1.90. The summed E-state index contributed by atoms with van der Waals surface area (Å²) in [6.07, 6.45) is 0. The molecule has 0 saturated carbocycles. The number of rotatable bonds is 2. The monoisotopic (exact) mass is 327 g/mol. The van der Waals surface area contributed by atoms with E-state index < -0.39 is 0 Å². The fraction of sp³-hybridized carbons (Fsp3) is 0.167. The van der Waals surface area contributed by atoms with Crippen LogP contribution in [-0.4, -0.2) is 14.2 Å². The van der Waals surface area contributed by atoms with Crippen molar-refractivity contribution >= 4 is 44.7 Å². The molecule has 16 heavy (non-hydrogen) atoms. The maximum absolute atomic E-state index is 5.31. The van der Waals surface area contributed by atoms with Gasteiger partial charge in [-0.05, 0) is 40.8 Å². The van der Waals surface area contributed by atoms with Gasteiger partial charge in [-0.2, -0.15) is 0 Å². The summed E-state index contributed by atoms with van der Waals surface area (Å²) < 4.78 is 11.8. The molecule has 82 valence electrons. The molecule has 2 aromatic carbocycles. The van der Waals surface area contributed by atoms with E-state index in [1.807, 2.05) is 12.1 Å². The lowest BCUT2D eigenvalue weighted by atomic mass is 10.1. The number of hydrogen-bond acceptors (Lipinski definition) is 3. The average Bonchev–Trinajstić information content (AvgIpc) is 3.06. The van der Waals surface area contributed by atoms with Crippen LogP contribution in [0.1, 0.15) is 0 Å². The minimum Gasteiger partial charge on any atom is -0.493 e. The summed E-state index contributed by atoms with van der Waals surface area (Å²) in [5.74, 6) is 1.54. The molecule has 0 aromatic heterocycles. The van der Waals surface area contributed by atoms with Crippen LogP contribution >= 0.6 is 22.6 Å². The van der Waals surface area contributed by atoms with Crippen molar-refractivity contribution in [1.29, 1.82) is 0 Å². The zero-order valence-electron chi connectivity index (χ0n) is 8.93. The van der Waals surface area contributed by atoms with E-state index in [-0.39, 0.29) is 0 Å². The zero-order chi connectivity index (χ0) is 11.3. The van der Waals surface area contributed by atoms with Crippen LogP contribution < -0.4 is 14.8 Å². The van der Waals surface area contributed by atoms with Gasteiger partial charge in [-0.1, -0.05) is 0 Å². The predicted octanol–water partition coefficient (Wildman–Crippen LogP) is 3.52.